The molecule has 0 unspecified atom stereocenters. The van der Waals surface area contributed by atoms with Crippen LogP contribution in [0, 0.1) is 5.41 Å². The summed E-state index contributed by atoms with van der Waals surface area (Å²) >= 11 is 6.26. The predicted molar refractivity (Wildman–Crippen MR) is 67.5 cm³/mol. The molecule has 0 radical (unpaired) electrons. The molecule has 4 heteroatoms. The molecule has 1 heterocycles. The zero-order valence-corrected chi connectivity index (χ0v) is 10.4. The molecule has 1 aromatic rings. The van der Waals surface area contributed by atoms with Gasteiger partial charge in [0.1, 0.15) is 0 Å². The first-order valence-electron chi connectivity index (χ1n) is 5.35. The van der Waals surface area contributed by atoms with Gasteiger partial charge in [0.2, 0.25) is 0 Å². The second kappa shape index (κ2) is 5.21. The third-order valence-corrected chi connectivity index (χ3v) is 4.95. The van der Waals surface area contributed by atoms with Crippen LogP contribution in [-0.2, 0) is 0 Å². The van der Waals surface area contributed by atoms with Crippen molar-refractivity contribution >= 4 is 24.4 Å². The number of hydrogen-bond acceptors (Lipinski definition) is 4. The Labute approximate surface area is 101 Å². The molecular formula is C11H16N2S2. The smallest absolute Gasteiger partial charge is 0.187 e. The normalized spacial score (nSPS) is 19.3. The van der Waals surface area contributed by atoms with Gasteiger partial charge in [-0.3, -0.25) is 0 Å². The molecule has 0 spiro atoms. The van der Waals surface area contributed by atoms with Gasteiger partial charge in [0.05, 0.1) is 0 Å². The highest BCUT2D eigenvalue weighted by atomic mass is 32.2. The van der Waals surface area contributed by atoms with E-state index in [-0.39, 0.29) is 0 Å². The molecule has 1 fully saturated rings. The lowest BCUT2D eigenvalue weighted by atomic mass is 9.91. The molecule has 0 aliphatic heterocycles. The molecule has 0 saturated heterocycles. The number of rotatable bonds is 4. The molecule has 1 saturated carbocycles. The van der Waals surface area contributed by atoms with Crippen molar-refractivity contribution in [2.45, 2.75) is 30.8 Å². The van der Waals surface area contributed by atoms with Gasteiger partial charge in [-0.2, -0.15) is 12.6 Å². The van der Waals surface area contributed by atoms with E-state index in [0.717, 1.165) is 16.7 Å². The fourth-order valence-corrected chi connectivity index (χ4v) is 3.73. The van der Waals surface area contributed by atoms with Crippen molar-refractivity contribution in [3.8, 4) is 0 Å². The largest absolute Gasteiger partial charge is 0.231 e. The first-order valence-corrected chi connectivity index (χ1v) is 6.97. The highest BCUT2D eigenvalue weighted by Crippen LogP contribution is 2.42. The molecule has 15 heavy (non-hydrogen) atoms. The molecule has 2 nitrogen and oxygen atoms in total. The van der Waals surface area contributed by atoms with Crippen LogP contribution in [-0.4, -0.2) is 21.5 Å². The van der Waals surface area contributed by atoms with Crippen molar-refractivity contribution in [1.29, 1.82) is 0 Å². The maximum absolute atomic E-state index is 4.49. The highest BCUT2D eigenvalue weighted by molar-refractivity contribution is 7.99. The summed E-state index contributed by atoms with van der Waals surface area (Å²) in [5.41, 5.74) is 0.437. The number of hydrogen-bond donors (Lipinski definition) is 1. The summed E-state index contributed by atoms with van der Waals surface area (Å²) in [7, 11) is 0. The summed E-state index contributed by atoms with van der Waals surface area (Å²) in [5.74, 6) is 2.10. The Morgan fingerprint density at radius 3 is 2.53 bits per heavy atom. The van der Waals surface area contributed by atoms with E-state index in [4.69, 9.17) is 0 Å². The molecule has 1 aliphatic carbocycles. The highest BCUT2D eigenvalue weighted by Gasteiger charge is 2.32. The van der Waals surface area contributed by atoms with Crippen molar-refractivity contribution in [3.63, 3.8) is 0 Å². The van der Waals surface area contributed by atoms with Crippen LogP contribution < -0.4 is 0 Å². The SMILES string of the molecule is SCC1(CSc2ncccn2)CCCC1. The third kappa shape index (κ3) is 2.88. The summed E-state index contributed by atoms with van der Waals surface area (Å²) in [4.78, 5) is 8.46. The van der Waals surface area contributed by atoms with E-state index >= 15 is 0 Å². The third-order valence-electron chi connectivity index (χ3n) is 3.05. The molecule has 1 aliphatic rings. The monoisotopic (exact) mass is 240 g/mol. The average Bonchev–Trinajstić information content (AvgIpc) is 2.77. The van der Waals surface area contributed by atoms with Crippen LogP contribution in [0.4, 0.5) is 0 Å². The summed E-state index contributed by atoms with van der Waals surface area (Å²) in [5, 5.41) is 0.894. The Balaban J connectivity index is 1.92. The quantitative estimate of drug-likeness (QED) is 0.497. The van der Waals surface area contributed by atoms with Crippen LogP contribution in [0.15, 0.2) is 23.6 Å². The Kier molecular flexibility index (Phi) is 3.92. The first kappa shape index (κ1) is 11.3. The fraction of sp³-hybridized carbons (Fsp3) is 0.636. The van der Waals surface area contributed by atoms with Crippen LogP contribution in [0.5, 0.6) is 0 Å². The van der Waals surface area contributed by atoms with Crippen LogP contribution >= 0.6 is 24.4 Å². The van der Waals surface area contributed by atoms with E-state index in [1.165, 1.54) is 25.7 Å². The summed E-state index contributed by atoms with van der Waals surface area (Å²) < 4.78 is 0. The molecule has 0 atom stereocenters. The van der Waals surface area contributed by atoms with Crippen molar-refractivity contribution in [2.75, 3.05) is 11.5 Å². The average molecular weight is 240 g/mol. The lowest BCUT2D eigenvalue weighted by Gasteiger charge is -2.25. The zero-order valence-electron chi connectivity index (χ0n) is 8.72. The molecule has 82 valence electrons. The van der Waals surface area contributed by atoms with Gasteiger partial charge >= 0.3 is 0 Å². The van der Waals surface area contributed by atoms with Crippen LogP contribution in [0.1, 0.15) is 25.7 Å². The summed E-state index contributed by atoms with van der Waals surface area (Å²) in [6, 6.07) is 1.86. The Hall–Kier alpha value is -0.220. The van der Waals surface area contributed by atoms with Gasteiger partial charge in [0.25, 0.3) is 0 Å². The minimum absolute atomic E-state index is 0.437. The molecular weight excluding hydrogens is 224 g/mol. The number of thiol groups is 1. The van der Waals surface area contributed by atoms with Gasteiger partial charge in [-0.1, -0.05) is 24.6 Å². The number of thioether (sulfide) groups is 1. The fourth-order valence-electron chi connectivity index (χ4n) is 2.05. The maximum Gasteiger partial charge on any atom is 0.187 e. The van der Waals surface area contributed by atoms with Crippen molar-refractivity contribution < 1.29 is 0 Å². The molecule has 0 aromatic carbocycles. The zero-order chi connectivity index (χ0) is 10.6. The minimum atomic E-state index is 0.437. The van der Waals surface area contributed by atoms with E-state index in [0.29, 0.717) is 5.41 Å². The summed E-state index contributed by atoms with van der Waals surface area (Å²) in [6.07, 6.45) is 8.95. The second-order valence-electron chi connectivity index (χ2n) is 4.19. The van der Waals surface area contributed by atoms with Crippen LogP contribution in [0.25, 0.3) is 0 Å². The van der Waals surface area contributed by atoms with E-state index < -0.39 is 0 Å². The lowest BCUT2D eigenvalue weighted by molar-refractivity contribution is 0.403. The van der Waals surface area contributed by atoms with E-state index in [9.17, 15) is 0 Å². The molecule has 2 rings (SSSR count). The van der Waals surface area contributed by atoms with Gasteiger partial charge in [-0.05, 0) is 30.1 Å². The Bertz CT molecular complexity index is 297. The summed E-state index contributed by atoms with van der Waals surface area (Å²) in [6.45, 7) is 0. The minimum Gasteiger partial charge on any atom is -0.231 e. The van der Waals surface area contributed by atoms with Crippen LogP contribution in [0.3, 0.4) is 0 Å². The standard InChI is InChI=1S/C11H16N2S2/c14-8-11(4-1-2-5-11)9-15-10-12-6-3-7-13-10/h3,6-7,14H,1-2,4-5,8-9H2. The molecule has 1 aromatic heterocycles. The van der Waals surface area contributed by atoms with Crippen molar-refractivity contribution in [1.82, 2.24) is 9.97 Å². The lowest BCUT2D eigenvalue weighted by Crippen LogP contribution is -2.21. The van der Waals surface area contributed by atoms with Gasteiger partial charge in [0, 0.05) is 18.1 Å². The molecule has 0 N–H and O–H groups in total. The Morgan fingerprint density at radius 1 is 1.27 bits per heavy atom. The maximum atomic E-state index is 4.49. The number of nitrogens with zero attached hydrogens (tertiary/aromatic N) is 2. The van der Waals surface area contributed by atoms with E-state index in [1.54, 1.807) is 24.2 Å². The van der Waals surface area contributed by atoms with Crippen LogP contribution in [0.2, 0.25) is 0 Å². The predicted octanol–water partition coefficient (Wildman–Crippen LogP) is 3.06. The van der Waals surface area contributed by atoms with Gasteiger partial charge in [-0.15, -0.1) is 0 Å². The van der Waals surface area contributed by atoms with Crippen molar-refractivity contribution in [3.05, 3.63) is 18.5 Å². The second-order valence-corrected chi connectivity index (χ2v) is 5.44. The van der Waals surface area contributed by atoms with E-state index in [1.807, 2.05) is 6.07 Å². The molecule has 0 bridgehead atoms. The first-order chi connectivity index (χ1) is 7.35. The van der Waals surface area contributed by atoms with Crippen molar-refractivity contribution in [2.24, 2.45) is 5.41 Å². The van der Waals surface area contributed by atoms with Gasteiger partial charge in [-0.25, -0.2) is 9.97 Å². The van der Waals surface area contributed by atoms with Gasteiger partial charge in [0.15, 0.2) is 5.16 Å². The van der Waals surface area contributed by atoms with Gasteiger partial charge < -0.3 is 0 Å². The molecule has 0 amide bonds. The van der Waals surface area contributed by atoms with E-state index in [2.05, 4.69) is 22.6 Å². The topological polar surface area (TPSA) is 25.8 Å². The number of aromatic nitrogens is 2. The Morgan fingerprint density at radius 2 is 1.93 bits per heavy atom.